The van der Waals surface area contributed by atoms with Gasteiger partial charge in [0.2, 0.25) is 0 Å². The molecule has 0 fully saturated rings. The van der Waals surface area contributed by atoms with Crippen LogP contribution < -0.4 is 0 Å². The van der Waals surface area contributed by atoms with Gasteiger partial charge in [-0.25, -0.2) is 0 Å². The number of hydrogen-bond acceptors (Lipinski definition) is 2. The van der Waals surface area contributed by atoms with Crippen molar-refractivity contribution in [2.75, 3.05) is 0 Å². The van der Waals surface area contributed by atoms with E-state index in [0.29, 0.717) is 0 Å². The van der Waals surface area contributed by atoms with Crippen LogP contribution in [0.25, 0.3) is 11.1 Å². The Morgan fingerprint density at radius 3 is 2.53 bits per heavy atom. The van der Waals surface area contributed by atoms with Gasteiger partial charge in [-0.05, 0) is 29.2 Å². The van der Waals surface area contributed by atoms with Crippen LogP contribution in [-0.4, -0.2) is 10.2 Å². The van der Waals surface area contributed by atoms with E-state index in [-0.39, 0.29) is 11.5 Å². The largest absolute Gasteiger partial charge is 0.504 e. The summed E-state index contributed by atoms with van der Waals surface area (Å²) in [5.74, 6) is -0.0529. The molecule has 2 aromatic carbocycles. The van der Waals surface area contributed by atoms with E-state index >= 15 is 0 Å². The summed E-state index contributed by atoms with van der Waals surface area (Å²) in [4.78, 5) is 0. The lowest BCUT2D eigenvalue weighted by atomic mass is 10.0. The van der Waals surface area contributed by atoms with Crippen molar-refractivity contribution >= 4 is 0 Å². The van der Waals surface area contributed by atoms with Crippen molar-refractivity contribution in [2.45, 2.75) is 6.42 Å². The smallest absolute Gasteiger partial charge is 0.165 e. The van der Waals surface area contributed by atoms with E-state index in [1.165, 1.54) is 5.56 Å². The van der Waals surface area contributed by atoms with Crippen LogP contribution >= 0.6 is 0 Å². The first-order valence-corrected chi connectivity index (χ1v) is 4.89. The van der Waals surface area contributed by atoms with E-state index in [0.717, 1.165) is 23.1 Å². The Hall–Kier alpha value is -1.96. The van der Waals surface area contributed by atoms with Gasteiger partial charge >= 0.3 is 0 Å². The van der Waals surface area contributed by atoms with Gasteiger partial charge in [-0.3, -0.25) is 0 Å². The number of phenols is 2. The van der Waals surface area contributed by atoms with Gasteiger partial charge in [0.1, 0.15) is 0 Å². The molecule has 2 N–H and O–H groups in total. The maximum Gasteiger partial charge on any atom is 0.165 e. The maximum atomic E-state index is 9.82. The minimum absolute atomic E-state index is 0.00236. The third-order valence-electron chi connectivity index (χ3n) is 2.91. The van der Waals surface area contributed by atoms with E-state index in [2.05, 4.69) is 0 Å². The number of rotatable bonds is 0. The predicted octanol–water partition coefficient (Wildman–Crippen LogP) is 2.67. The number of aromatic hydroxyl groups is 2. The molecule has 0 saturated carbocycles. The molecule has 0 aromatic heterocycles. The molecule has 0 radical (unpaired) electrons. The minimum atomic E-state index is -0.0505. The van der Waals surface area contributed by atoms with Gasteiger partial charge in [-0.1, -0.05) is 30.3 Å². The first kappa shape index (κ1) is 8.36. The Bertz CT molecular complexity index is 544. The van der Waals surface area contributed by atoms with E-state index in [1.807, 2.05) is 30.3 Å². The monoisotopic (exact) mass is 198 g/mol. The van der Waals surface area contributed by atoms with Gasteiger partial charge in [-0.15, -0.1) is 0 Å². The predicted molar refractivity (Wildman–Crippen MR) is 58.0 cm³/mol. The average molecular weight is 198 g/mol. The molecule has 0 atom stereocenters. The van der Waals surface area contributed by atoms with Crippen molar-refractivity contribution in [1.82, 2.24) is 0 Å². The molecule has 74 valence electrons. The summed E-state index contributed by atoms with van der Waals surface area (Å²) in [5.41, 5.74) is 4.09. The third kappa shape index (κ3) is 1.05. The minimum Gasteiger partial charge on any atom is -0.504 e. The Morgan fingerprint density at radius 2 is 1.67 bits per heavy atom. The van der Waals surface area contributed by atoms with Crippen molar-refractivity contribution in [3.63, 3.8) is 0 Å². The van der Waals surface area contributed by atoms with E-state index in [4.69, 9.17) is 0 Å². The van der Waals surface area contributed by atoms with Gasteiger partial charge in [-0.2, -0.15) is 0 Å². The number of phenolic OH excluding ortho intramolecular Hbond substituents is 2. The summed E-state index contributed by atoms with van der Waals surface area (Å²) in [6.45, 7) is 0. The lowest BCUT2D eigenvalue weighted by Crippen LogP contribution is -1.80. The molecule has 1 aliphatic rings. The van der Waals surface area contributed by atoms with Crippen molar-refractivity contribution in [2.24, 2.45) is 0 Å². The Kier molecular flexibility index (Phi) is 1.54. The molecule has 2 nitrogen and oxygen atoms in total. The molecule has 1 aliphatic carbocycles. The Balaban J connectivity index is 2.36. The highest BCUT2D eigenvalue weighted by Crippen LogP contribution is 2.45. The van der Waals surface area contributed by atoms with Crippen LogP contribution in [0.15, 0.2) is 36.4 Å². The lowest BCUT2D eigenvalue weighted by molar-refractivity contribution is 0.405. The van der Waals surface area contributed by atoms with Gasteiger partial charge < -0.3 is 10.2 Å². The van der Waals surface area contributed by atoms with Gasteiger partial charge in [0.15, 0.2) is 11.5 Å². The normalized spacial score (nSPS) is 12.3. The Morgan fingerprint density at radius 1 is 0.867 bits per heavy atom. The molecule has 2 heteroatoms. The highest BCUT2D eigenvalue weighted by molar-refractivity contribution is 5.83. The second kappa shape index (κ2) is 2.76. The number of hydrogen-bond donors (Lipinski definition) is 2. The van der Waals surface area contributed by atoms with Gasteiger partial charge in [0, 0.05) is 5.56 Å². The second-order valence-electron chi connectivity index (χ2n) is 3.80. The SMILES string of the molecule is Oc1ccc2c(c1O)-c1ccccc1C2. The molecule has 0 aliphatic heterocycles. The van der Waals surface area contributed by atoms with Crippen LogP contribution in [-0.2, 0) is 6.42 Å². The van der Waals surface area contributed by atoms with E-state index < -0.39 is 0 Å². The summed E-state index contributed by atoms with van der Waals surface area (Å²) in [7, 11) is 0. The molecule has 0 amide bonds. The lowest BCUT2D eigenvalue weighted by Gasteiger charge is -2.05. The zero-order chi connectivity index (χ0) is 10.4. The molecule has 0 unspecified atom stereocenters. The third-order valence-corrected chi connectivity index (χ3v) is 2.91. The van der Waals surface area contributed by atoms with Crippen LogP contribution in [0.1, 0.15) is 11.1 Å². The zero-order valence-electron chi connectivity index (χ0n) is 8.07. The zero-order valence-corrected chi connectivity index (χ0v) is 8.07. The molecule has 0 bridgehead atoms. The molecule has 0 spiro atoms. The van der Waals surface area contributed by atoms with Crippen LogP contribution in [0.3, 0.4) is 0 Å². The van der Waals surface area contributed by atoms with E-state index in [1.54, 1.807) is 6.07 Å². The fraction of sp³-hybridized carbons (Fsp3) is 0.0769. The van der Waals surface area contributed by atoms with Gasteiger partial charge in [0.05, 0.1) is 0 Å². The van der Waals surface area contributed by atoms with Crippen molar-refractivity contribution < 1.29 is 10.2 Å². The van der Waals surface area contributed by atoms with E-state index in [9.17, 15) is 10.2 Å². The van der Waals surface area contributed by atoms with Crippen molar-refractivity contribution in [3.8, 4) is 22.6 Å². The van der Waals surface area contributed by atoms with Gasteiger partial charge in [0.25, 0.3) is 0 Å². The number of benzene rings is 2. The average Bonchev–Trinajstić information content (AvgIpc) is 2.62. The standard InChI is InChI=1S/C13H10O2/c14-11-6-5-9-7-8-3-1-2-4-10(8)12(9)13(11)15/h1-6,14-15H,7H2. The summed E-state index contributed by atoms with van der Waals surface area (Å²) < 4.78 is 0. The van der Waals surface area contributed by atoms with Crippen LogP contribution in [0.5, 0.6) is 11.5 Å². The summed E-state index contributed by atoms with van der Waals surface area (Å²) in [5, 5.41) is 19.3. The maximum absolute atomic E-state index is 9.82. The molecule has 2 aromatic rings. The summed E-state index contributed by atoms with van der Waals surface area (Å²) in [6.07, 6.45) is 0.833. The molecular weight excluding hydrogens is 188 g/mol. The van der Waals surface area contributed by atoms with Crippen LogP contribution in [0, 0.1) is 0 Å². The van der Waals surface area contributed by atoms with Crippen LogP contribution in [0.4, 0.5) is 0 Å². The first-order valence-electron chi connectivity index (χ1n) is 4.89. The molecule has 0 saturated heterocycles. The highest BCUT2D eigenvalue weighted by atomic mass is 16.3. The molecular formula is C13H10O2. The quantitative estimate of drug-likeness (QED) is 0.545. The Labute approximate surface area is 87.4 Å². The van der Waals surface area contributed by atoms with Crippen molar-refractivity contribution in [3.05, 3.63) is 47.5 Å². The van der Waals surface area contributed by atoms with Crippen LogP contribution in [0.2, 0.25) is 0 Å². The second-order valence-corrected chi connectivity index (χ2v) is 3.80. The molecule has 15 heavy (non-hydrogen) atoms. The molecule has 3 rings (SSSR count). The fourth-order valence-electron chi connectivity index (χ4n) is 2.19. The highest BCUT2D eigenvalue weighted by Gasteiger charge is 2.22. The first-order chi connectivity index (χ1) is 7.27. The summed E-state index contributed by atoms with van der Waals surface area (Å²) in [6, 6.07) is 11.4. The molecule has 0 heterocycles. The number of fused-ring (bicyclic) bond motifs is 3. The fourth-order valence-corrected chi connectivity index (χ4v) is 2.19. The van der Waals surface area contributed by atoms with Crippen molar-refractivity contribution in [1.29, 1.82) is 0 Å². The topological polar surface area (TPSA) is 40.5 Å². The summed E-state index contributed by atoms with van der Waals surface area (Å²) >= 11 is 0.